The first-order valence-electron chi connectivity index (χ1n) is 4.86. The molecule has 0 amide bonds. The van der Waals surface area contributed by atoms with E-state index in [1.165, 1.54) is 0 Å². The van der Waals surface area contributed by atoms with Crippen molar-refractivity contribution in [1.82, 2.24) is 4.98 Å². The molecule has 1 aliphatic carbocycles. The Morgan fingerprint density at radius 2 is 2.57 bits per heavy atom. The molecular weight excluding hydrogens is 198 g/mol. The van der Waals surface area contributed by atoms with E-state index in [-0.39, 0.29) is 5.92 Å². The zero-order chi connectivity index (χ0) is 10.1. The van der Waals surface area contributed by atoms with Crippen molar-refractivity contribution in [2.24, 2.45) is 11.8 Å². The standard InChI is InChI=1S/C10H13NO2S/c1-2-7-5-14-9(11-7)4-6-3-8(6)10(12)13/h5-6,8H,2-4H2,1H3,(H,12,13). The van der Waals surface area contributed by atoms with Crippen LogP contribution in [0.4, 0.5) is 0 Å². The van der Waals surface area contributed by atoms with Crippen LogP contribution in [0.1, 0.15) is 24.0 Å². The lowest BCUT2D eigenvalue weighted by molar-refractivity contribution is -0.138. The second-order valence-corrected chi connectivity index (χ2v) is 4.67. The Morgan fingerprint density at radius 3 is 3.07 bits per heavy atom. The number of rotatable bonds is 4. The van der Waals surface area contributed by atoms with Crippen molar-refractivity contribution in [3.8, 4) is 0 Å². The normalized spacial score (nSPS) is 24.9. The van der Waals surface area contributed by atoms with Crippen molar-refractivity contribution < 1.29 is 9.90 Å². The van der Waals surface area contributed by atoms with E-state index in [1.807, 2.05) is 0 Å². The molecule has 14 heavy (non-hydrogen) atoms. The summed E-state index contributed by atoms with van der Waals surface area (Å²) in [6, 6.07) is 0. The Balaban J connectivity index is 1.90. The van der Waals surface area contributed by atoms with Gasteiger partial charge in [0.1, 0.15) is 0 Å². The second kappa shape index (κ2) is 3.69. The van der Waals surface area contributed by atoms with Gasteiger partial charge in [-0.2, -0.15) is 0 Å². The number of aromatic nitrogens is 1. The van der Waals surface area contributed by atoms with E-state index in [0.717, 1.165) is 30.0 Å². The molecule has 1 saturated carbocycles. The number of thiazole rings is 1. The first-order chi connectivity index (χ1) is 6.70. The Kier molecular flexibility index (Phi) is 2.54. The van der Waals surface area contributed by atoms with Gasteiger partial charge in [0, 0.05) is 11.8 Å². The predicted octanol–water partition coefficient (Wildman–Crippen LogP) is 1.97. The van der Waals surface area contributed by atoms with Crippen LogP contribution in [0.3, 0.4) is 0 Å². The van der Waals surface area contributed by atoms with Gasteiger partial charge >= 0.3 is 5.97 Å². The molecule has 2 unspecified atom stereocenters. The van der Waals surface area contributed by atoms with Crippen molar-refractivity contribution in [1.29, 1.82) is 0 Å². The molecule has 1 heterocycles. The lowest BCUT2D eigenvalue weighted by Gasteiger charge is -1.92. The average molecular weight is 211 g/mol. The van der Waals surface area contributed by atoms with Crippen LogP contribution in [-0.2, 0) is 17.6 Å². The van der Waals surface area contributed by atoms with Gasteiger partial charge in [0.2, 0.25) is 0 Å². The Labute approximate surface area is 86.8 Å². The zero-order valence-corrected chi connectivity index (χ0v) is 8.88. The van der Waals surface area contributed by atoms with Gasteiger partial charge in [0.15, 0.2) is 0 Å². The summed E-state index contributed by atoms with van der Waals surface area (Å²) in [5, 5.41) is 11.9. The minimum atomic E-state index is -0.651. The molecule has 4 heteroatoms. The van der Waals surface area contributed by atoms with E-state index in [0.29, 0.717) is 5.92 Å². The third kappa shape index (κ3) is 1.95. The van der Waals surface area contributed by atoms with Crippen LogP contribution < -0.4 is 0 Å². The average Bonchev–Trinajstić information content (AvgIpc) is 2.76. The fraction of sp³-hybridized carbons (Fsp3) is 0.600. The molecule has 1 aromatic heterocycles. The van der Waals surface area contributed by atoms with Gasteiger partial charge in [-0.1, -0.05) is 6.92 Å². The largest absolute Gasteiger partial charge is 0.481 e. The number of carboxylic acids is 1. The van der Waals surface area contributed by atoms with Gasteiger partial charge in [-0.25, -0.2) is 4.98 Å². The molecule has 0 radical (unpaired) electrons. The zero-order valence-electron chi connectivity index (χ0n) is 8.06. The van der Waals surface area contributed by atoms with Crippen LogP contribution in [0, 0.1) is 11.8 Å². The minimum Gasteiger partial charge on any atom is -0.481 e. The van der Waals surface area contributed by atoms with Crippen molar-refractivity contribution in [2.45, 2.75) is 26.2 Å². The topological polar surface area (TPSA) is 50.2 Å². The Hall–Kier alpha value is -0.900. The quantitative estimate of drug-likeness (QED) is 0.828. The first-order valence-corrected chi connectivity index (χ1v) is 5.74. The molecule has 0 aromatic carbocycles. The maximum absolute atomic E-state index is 10.6. The molecule has 1 fully saturated rings. The molecule has 0 bridgehead atoms. The molecule has 0 saturated heterocycles. The van der Waals surface area contributed by atoms with E-state index in [9.17, 15) is 4.79 Å². The third-order valence-electron chi connectivity index (χ3n) is 2.64. The molecule has 1 N–H and O–H groups in total. The summed E-state index contributed by atoms with van der Waals surface area (Å²) in [5.74, 6) is -0.422. The molecule has 3 nitrogen and oxygen atoms in total. The lowest BCUT2D eigenvalue weighted by atomic mass is 10.2. The fourth-order valence-corrected chi connectivity index (χ4v) is 2.58. The second-order valence-electron chi connectivity index (χ2n) is 3.73. The predicted molar refractivity (Wildman–Crippen MR) is 54.4 cm³/mol. The van der Waals surface area contributed by atoms with E-state index in [2.05, 4.69) is 17.3 Å². The van der Waals surface area contributed by atoms with Crippen LogP contribution in [0.25, 0.3) is 0 Å². The van der Waals surface area contributed by atoms with E-state index >= 15 is 0 Å². The van der Waals surface area contributed by atoms with E-state index in [1.54, 1.807) is 11.3 Å². The van der Waals surface area contributed by atoms with E-state index in [4.69, 9.17) is 5.11 Å². The Morgan fingerprint density at radius 1 is 1.79 bits per heavy atom. The highest BCUT2D eigenvalue weighted by atomic mass is 32.1. The molecular formula is C10H13NO2S. The number of hydrogen-bond donors (Lipinski definition) is 1. The lowest BCUT2D eigenvalue weighted by Crippen LogP contribution is -2.01. The summed E-state index contributed by atoms with van der Waals surface area (Å²) in [5.41, 5.74) is 1.12. The summed E-state index contributed by atoms with van der Waals surface area (Å²) >= 11 is 1.65. The van der Waals surface area contributed by atoms with Gasteiger partial charge in [-0.05, 0) is 18.8 Å². The summed E-state index contributed by atoms with van der Waals surface area (Å²) in [6.07, 6.45) is 2.64. The van der Waals surface area contributed by atoms with Crippen molar-refractivity contribution in [3.63, 3.8) is 0 Å². The van der Waals surface area contributed by atoms with Crippen LogP contribution in [0.5, 0.6) is 0 Å². The summed E-state index contributed by atoms with van der Waals surface area (Å²) < 4.78 is 0. The molecule has 1 aliphatic rings. The van der Waals surface area contributed by atoms with E-state index < -0.39 is 5.97 Å². The fourth-order valence-electron chi connectivity index (χ4n) is 1.60. The smallest absolute Gasteiger partial charge is 0.306 e. The van der Waals surface area contributed by atoms with Gasteiger partial charge in [-0.15, -0.1) is 11.3 Å². The molecule has 0 aliphatic heterocycles. The van der Waals surface area contributed by atoms with Gasteiger partial charge < -0.3 is 5.11 Å². The van der Waals surface area contributed by atoms with Gasteiger partial charge in [0.25, 0.3) is 0 Å². The van der Waals surface area contributed by atoms with Crippen molar-refractivity contribution >= 4 is 17.3 Å². The summed E-state index contributed by atoms with van der Waals surface area (Å²) in [7, 11) is 0. The monoisotopic (exact) mass is 211 g/mol. The van der Waals surface area contributed by atoms with Crippen LogP contribution in [0.2, 0.25) is 0 Å². The maximum atomic E-state index is 10.6. The number of aryl methyl sites for hydroxylation is 1. The number of nitrogens with zero attached hydrogens (tertiary/aromatic N) is 1. The van der Waals surface area contributed by atoms with Crippen molar-refractivity contribution in [2.75, 3.05) is 0 Å². The van der Waals surface area contributed by atoms with Crippen molar-refractivity contribution in [3.05, 3.63) is 16.1 Å². The highest BCUT2D eigenvalue weighted by Crippen LogP contribution is 2.41. The third-order valence-corrected chi connectivity index (χ3v) is 3.56. The maximum Gasteiger partial charge on any atom is 0.306 e. The molecule has 76 valence electrons. The molecule has 0 spiro atoms. The number of carboxylic acid groups (broad SMARTS) is 1. The molecule has 1 aromatic rings. The van der Waals surface area contributed by atoms with Crippen LogP contribution in [-0.4, -0.2) is 16.1 Å². The SMILES string of the molecule is CCc1csc(CC2CC2C(=O)O)n1. The summed E-state index contributed by atoms with van der Waals surface area (Å²) in [4.78, 5) is 15.0. The van der Waals surface area contributed by atoms with Gasteiger partial charge in [-0.3, -0.25) is 4.79 Å². The molecule has 2 atom stereocenters. The first kappa shape index (κ1) is 9.65. The highest BCUT2D eigenvalue weighted by molar-refractivity contribution is 7.09. The number of hydrogen-bond acceptors (Lipinski definition) is 3. The number of aliphatic carboxylic acids is 1. The highest BCUT2D eigenvalue weighted by Gasteiger charge is 2.43. The Bertz CT molecular complexity index is 348. The van der Waals surface area contributed by atoms with Gasteiger partial charge in [0.05, 0.1) is 16.6 Å². The minimum absolute atomic E-state index is 0.107. The van der Waals surface area contributed by atoms with Crippen LogP contribution >= 0.6 is 11.3 Å². The number of carbonyl (C=O) groups is 1. The summed E-state index contributed by atoms with van der Waals surface area (Å²) in [6.45, 7) is 2.08. The molecule has 2 rings (SSSR count). The van der Waals surface area contributed by atoms with Crippen LogP contribution in [0.15, 0.2) is 5.38 Å².